The molecule has 7 heteroatoms. The molecule has 0 bridgehead atoms. The molecule has 0 aromatic heterocycles. The van der Waals surface area contributed by atoms with Gasteiger partial charge in [0.1, 0.15) is 0 Å². The van der Waals surface area contributed by atoms with E-state index in [4.69, 9.17) is 5.21 Å². The van der Waals surface area contributed by atoms with E-state index in [0.29, 0.717) is 17.8 Å². The summed E-state index contributed by atoms with van der Waals surface area (Å²) in [6.07, 6.45) is 0. The van der Waals surface area contributed by atoms with Crippen molar-refractivity contribution in [3.63, 3.8) is 0 Å². The molecule has 5 N–H and O–H groups in total. The van der Waals surface area contributed by atoms with Crippen LogP contribution in [0.25, 0.3) is 0 Å². The Hall–Kier alpha value is -1.15. The SMILES string of the molecule is CCNS(=O)(=O)Cc1cccc(NO)c1.O. The van der Waals surface area contributed by atoms with E-state index >= 15 is 0 Å². The Balaban J connectivity index is 0.00000225. The molecule has 0 aliphatic carbocycles. The Morgan fingerprint density at radius 1 is 1.38 bits per heavy atom. The first-order valence-electron chi connectivity index (χ1n) is 4.54. The lowest BCUT2D eigenvalue weighted by atomic mass is 10.2. The summed E-state index contributed by atoms with van der Waals surface area (Å²) in [5.41, 5.74) is 3.06. The van der Waals surface area contributed by atoms with E-state index in [-0.39, 0.29) is 11.2 Å². The molecule has 0 saturated heterocycles. The molecule has 0 radical (unpaired) electrons. The van der Waals surface area contributed by atoms with E-state index in [1.165, 1.54) is 0 Å². The van der Waals surface area contributed by atoms with Crippen molar-refractivity contribution < 1.29 is 19.1 Å². The van der Waals surface area contributed by atoms with Crippen LogP contribution in [0.1, 0.15) is 12.5 Å². The van der Waals surface area contributed by atoms with Crippen LogP contribution in [-0.4, -0.2) is 25.6 Å². The van der Waals surface area contributed by atoms with Gasteiger partial charge < -0.3 is 5.48 Å². The van der Waals surface area contributed by atoms with Gasteiger partial charge in [-0.25, -0.2) is 13.1 Å². The minimum Gasteiger partial charge on any atom is -0.412 e. The van der Waals surface area contributed by atoms with Gasteiger partial charge in [0.2, 0.25) is 10.0 Å². The van der Waals surface area contributed by atoms with Crippen molar-refractivity contribution in [2.24, 2.45) is 0 Å². The highest BCUT2D eigenvalue weighted by atomic mass is 32.2. The van der Waals surface area contributed by atoms with Crippen LogP contribution in [0.5, 0.6) is 0 Å². The van der Waals surface area contributed by atoms with Gasteiger partial charge in [0.25, 0.3) is 0 Å². The molecule has 16 heavy (non-hydrogen) atoms. The summed E-state index contributed by atoms with van der Waals surface area (Å²) in [6, 6.07) is 6.59. The first kappa shape index (κ1) is 14.8. The lowest BCUT2D eigenvalue weighted by Gasteiger charge is -2.05. The van der Waals surface area contributed by atoms with Gasteiger partial charge >= 0.3 is 0 Å². The highest BCUT2D eigenvalue weighted by Gasteiger charge is 2.09. The number of nitrogens with one attached hydrogen (secondary N) is 2. The Morgan fingerprint density at radius 3 is 2.62 bits per heavy atom. The third-order valence-corrected chi connectivity index (χ3v) is 3.22. The molecule has 0 aliphatic heterocycles. The zero-order valence-electron chi connectivity index (χ0n) is 8.90. The molecule has 0 spiro atoms. The zero-order valence-corrected chi connectivity index (χ0v) is 9.71. The van der Waals surface area contributed by atoms with Crippen LogP contribution < -0.4 is 10.2 Å². The van der Waals surface area contributed by atoms with Gasteiger partial charge in [-0.05, 0) is 17.7 Å². The van der Waals surface area contributed by atoms with Gasteiger partial charge in [-0.15, -0.1) is 0 Å². The fraction of sp³-hybridized carbons (Fsp3) is 0.333. The van der Waals surface area contributed by atoms with Crippen LogP contribution in [0.15, 0.2) is 24.3 Å². The van der Waals surface area contributed by atoms with Gasteiger partial charge in [-0.1, -0.05) is 19.1 Å². The van der Waals surface area contributed by atoms with Crippen LogP contribution in [0.3, 0.4) is 0 Å². The minimum atomic E-state index is -3.27. The topological polar surface area (TPSA) is 110 Å². The quantitative estimate of drug-likeness (QED) is 0.642. The third-order valence-electron chi connectivity index (χ3n) is 1.78. The lowest BCUT2D eigenvalue weighted by Crippen LogP contribution is -2.24. The maximum absolute atomic E-state index is 11.4. The van der Waals surface area contributed by atoms with Gasteiger partial charge in [0, 0.05) is 6.54 Å². The normalized spacial score (nSPS) is 10.6. The number of anilines is 1. The van der Waals surface area contributed by atoms with E-state index in [1.807, 2.05) is 5.48 Å². The van der Waals surface area contributed by atoms with Crippen molar-refractivity contribution in [2.45, 2.75) is 12.7 Å². The average molecular weight is 248 g/mol. The Bertz CT molecular complexity index is 419. The van der Waals surface area contributed by atoms with Crippen LogP contribution in [0.4, 0.5) is 5.69 Å². The summed E-state index contributed by atoms with van der Waals surface area (Å²) < 4.78 is 25.2. The van der Waals surface area contributed by atoms with E-state index in [0.717, 1.165) is 0 Å². The van der Waals surface area contributed by atoms with E-state index in [9.17, 15) is 8.42 Å². The number of rotatable bonds is 5. The smallest absolute Gasteiger partial charge is 0.215 e. The van der Waals surface area contributed by atoms with Gasteiger partial charge in [-0.3, -0.25) is 10.7 Å². The maximum Gasteiger partial charge on any atom is 0.215 e. The van der Waals surface area contributed by atoms with Crippen molar-refractivity contribution in [3.8, 4) is 0 Å². The maximum atomic E-state index is 11.4. The van der Waals surface area contributed by atoms with Gasteiger partial charge in [0.15, 0.2) is 0 Å². The van der Waals surface area contributed by atoms with Crippen molar-refractivity contribution in [1.82, 2.24) is 4.72 Å². The summed E-state index contributed by atoms with van der Waals surface area (Å²) >= 11 is 0. The molecule has 0 aliphatic rings. The minimum absolute atomic E-state index is 0. The molecule has 6 nitrogen and oxygen atoms in total. The zero-order chi connectivity index (χ0) is 11.3. The largest absolute Gasteiger partial charge is 0.412 e. The van der Waals surface area contributed by atoms with E-state index in [1.54, 1.807) is 31.2 Å². The van der Waals surface area contributed by atoms with Crippen molar-refractivity contribution >= 4 is 15.7 Å². The summed E-state index contributed by atoms with van der Waals surface area (Å²) in [6.45, 7) is 2.10. The van der Waals surface area contributed by atoms with E-state index in [2.05, 4.69) is 4.72 Å². The van der Waals surface area contributed by atoms with Crippen LogP contribution >= 0.6 is 0 Å². The van der Waals surface area contributed by atoms with Crippen LogP contribution in [0.2, 0.25) is 0 Å². The highest BCUT2D eigenvalue weighted by molar-refractivity contribution is 7.88. The monoisotopic (exact) mass is 248 g/mol. The van der Waals surface area contributed by atoms with Crippen LogP contribution in [0, 0.1) is 0 Å². The van der Waals surface area contributed by atoms with Gasteiger partial charge in [0.05, 0.1) is 11.4 Å². The highest BCUT2D eigenvalue weighted by Crippen LogP contribution is 2.11. The second-order valence-electron chi connectivity index (χ2n) is 3.07. The van der Waals surface area contributed by atoms with Gasteiger partial charge in [-0.2, -0.15) is 0 Å². The molecular weight excluding hydrogens is 232 g/mol. The molecule has 92 valence electrons. The summed E-state index contributed by atoms with van der Waals surface area (Å²) in [7, 11) is -3.27. The average Bonchev–Trinajstić information content (AvgIpc) is 2.17. The van der Waals surface area contributed by atoms with Crippen molar-refractivity contribution in [3.05, 3.63) is 29.8 Å². The van der Waals surface area contributed by atoms with Crippen LogP contribution in [-0.2, 0) is 15.8 Å². The first-order chi connectivity index (χ1) is 7.07. The fourth-order valence-electron chi connectivity index (χ4n) is 1.22. The molecule has 0 saturated carbocycles. The second kappa shape index (κ2) is 6.44. The Kier molecular flexibility index (Phi) is 5.97. The molecule has 0 heterocycles. The number of sulfonamides is 1. The van der Waals surface area contributed by atoms with Crippen molar-refractivity contribution in [1.29, 1.82) is 0 Å². The molecular formula is C9H16N2O4S. The summed E-state index contributed by atoms with van der Waals surface area (Å²) in [4.78, 5) is 0. The summed E-state index contributed by atoms with van der Waals surface area (Å²) in [5, 5.41) is 8.65. The Morgan fingerprint density at radius 2 is 2.06 bits per heavy atom. The third kappa shape index (κ3) is 4.58. The summed E-state index contributed by atoms with van der Waals surface area (Å²) in [5.74, 6) is -0.0869. The number of hydrogen-bond donors (Lipinski definition) is 3. The Labute approximate surface area is 94.6 Å². The standard InChI is InChI=1S/C9H14N2O3S.H2O/c1-2-10-15(13,14)7-8-4-3-5-9(6-8)11-12;/h3-6,10-12H,2,7H2,1H3;1H2. The second-order valence-corrected chi connectivity index (χ2v) is 4.88. The first-order valence-corrected chi connectivity index (χ1v) is 6.19. The molecule has 0 fully saturated rings. The number of hydrogen-bond acceptors (Lipinski definition) is 4. The van der Waals surface area contributed by atoms with Crippen molar-refractivity contribution in [2.75, 3.05) is 12.0 Å². The lowest BCUT2D eigenvalue weighted by molar-refractivity contribution is 0.389. The fourth-order valence-corrected chi connectivity index (χ4v) is 2.38. The number of benzene rings is 1. The van der Waals surface area contributed by atoms with E-state index < -0.39 is 10.0 Å². The predicted octanol–water partition coefficient (Wildman–Crippen LogP) is 0.102. The predicted molar refractivity (Wildman–Crippen MR) is 61.8 cm³/mol. The molecule has 1 rings (SSSR count). The molecule has 1 aromatic carbocycles. The molecule has 0 unspecified atom stereocenters. The molecule has 0 atom stereocenters. The molecule has 0 amide bonds. The molecule has 1 aromatic rings.